The fraction of sp³-hybridized carbons (Fsp3) is 0.400. The van der Waals surface area contributed by atoms with Gasteiger partial charge < -0.3 is 14.6 Å². The third-order valence-electron chi connectivity index (χ3n) is 3.68. The molecule has 0 aliphatic heterocycles. The first-order valence-corrected chi connectivity index (χ1v) is 6.31. The number of aromatic hydroxyl groups is 1. The molecule has 4 nitrogen and oxygen atoms in total. The average Bonchev–Trinajstić information content (AvgIpc) is 2.44. The van der Waals surface area contributed by atoms with Crippen LogP contribution in [0.4, 0.5) is 4.39 Å². The first kappa shape index (κ1) is 14.4. The molecule has 2 rings (SSSR count). The lowest BCUT2D eigenvalue weighted by Gasteiger charge is -2.26. The van der Waals surface area contributed by atoms with Crippen LogP contribution < -0.4 is 4.74 Å². The monoisotopic (exact) mass is 280 g/mol. The molecule has 1 aromatic carbocycles. The van der Waals surface area contributed by atoms with Crippen molar-refractivity contribution in [3.63, 3.8) is 0 Å². The van der Waals surface area contributed by atoms with Crippen LogP contribution in [0.25, 0.3) is 0 Å². The molecule has 5 heteroatoms. The summed E-state index contributed by atoms with van der Waals surface area (Å²) in [5.74, 6) is -1.19. The SMILES string of the molecule is COC1=CC(c2cc(F)c(O)c(OC)c2)C(C)C(=O)C1. The van der Waals surface area contributed by atoms with Gasteiger partial charge in [0.15, 0.2) is 17.3 Å². The summed E-state index contributed by atoms with van der Waals surface area (Å²) in [4.78, 5) is 12.0. The number of allylic oxidation sites excluding steroid dienone is 2. The van der Waals surface area contributed by atoms with E-state index >= 15 is 0 Å². The number of ether oxygens (including phenoxy) is 2. The van der Waals surface area contributed by atoms with Crippen LogP contribution >= 0.6 is 0 Å². The van der Waals surface area contributed by atoms with Gasteiger partial charge in [0.2, 0.25) is 0 Å². The maximum absolute atomic E-state index is 13.7. The fourth-order valence-electron chi connectivity index (χ4n) is 2.40. The minimum absolute atomic E-state index is 0.0433. The standard InChI is InChI=1S/C15H17FO4/c1-8-11(6-10(19-2)7-13(8)17)9-4-12(16)15(18)14(5-9)20-3/h4-6,8,11,18H,7H2,1-3H3. The zero-order chi connectivity index (χ0) is 14.9. The number of phenols is 1. The molecule has 0 saturated carbocycles. The summed E-state index contributed by atoms with van der Waals surface area (Å²) in [7, 11) is 2.86. The summed E-state index contributed by atoms with van der Waals surface area (Å²) in [6, 6.07) is 2.77. The van der Waals surface area contributed by atoms with Crippen LogP contribution in [-0.4, -0.2) is 25.1 Å². The van der Waals surface area contributed by atoms with Gasteiger partial charge in [-0.2, -0.15) is 0 Å². The van der Waals surface area contributed by atoms with Crippen LogP contribution in [0.1, 0.15) is 24.8 Å². The number of halogens is 1. The summed E-state index contributed by atoms with van der Waals surface area (Å²) in [6.07, 6.45) is 2.07. The van der Waals surface area contributed by atoms with E-state index in [2.05, 4.69) is 0 Å². The number of ketones is 1. The topological polar surface area (TPSA) is 55.8 Å². The van der Waals surface area contributed by atoms with Gasteiger partial charge in [-0.1, -0.05) is 6.92 Å². The van der Waals surface area contributed by atoms with Crippen LogP contribution in [-0.2, 0) is 9.53 Å². The second kappa shape index (κ2) is 5.53. The van der Waals surface area contributed by atoms with Gasteiger partial charge in [0, 0.05) is 11.8 Å². The highest BCUT2D eigenvalue weighted by Crippen LogP contribution is 2.39. The quantitative estimate of drug-likeness (QED) is 0.925. The maximum atomic E-state index is 13.7. The highest BCUT2D eigenvalue weighted by molar-refractivity contribution is 5.85. The number of methoxy groups -OCH3 is 2. The number of phenolic OH excluding ortho intramolecular Hbond substituents is 1. The van der Waals surface area contributed by atoms with Crippen LogP contribution in [0.15, 0.2) is 24.0 Å². The maximum Gasteiger partial charge on any atom is 0.194 e. The highest BCUT2D eigenvalue weighted by atomic mass is 19.1. The molecule has 2 atom stereocenters. The first-order chi connectivity index (χ1) is 9.47. The van der Waals surface area contributed by atoms with Crippen molar-refractivity contribution < 1.29 is 23.8 Å². The van der Waals surface area contributed by atoms with Gasteiger partial charge in [-0.25, -0.2) is 4.39 Å². The Bertz CT molecular complexity index is 565. The van der Waals surface area contributed by atoms with Crippen LogP contribution in [0.3, 0.4) is 0 Å². The van der Waals surface area contributed by atoms with E-state index in [1.807, 2.05) is 6.08 Å². The van der Waals surface area contributed by atoms with Crippen molar-refractivity contribution in [2.24, 2.45) is 5.92 Å². The molecule has 108 valence electrons. The molecule has 0 saturated heterocycles. The van der Waals surface area contributed by atoms with Gasteiger partial charge in [-0.3, -0.25) is 4.79 Å². The molecule has 2 unspecified atom stereocenters. The average molecular weight is 280 g/mol. The van der Waals surface area contributed by atoms with Crippen molar-refractivity contribution >= 4 is 5.78 Å². The molecule has 20 heavy (non-hydrogen) atoms. The molecule has 0 heterocycles. The van der Waals surface area contributed by atoms with Gasteiger partial charge in [0.1, 0.15) is 5.78 Å². The Morgan fingerprint density at radius 1 is 1.30 bits per heavy atom. The Balaban J connectivity index is 2.49. The van der Waals surface area contributed by atoms with Crippen molar-refractivity contribution in [2.75, 3.05) is 14.2 Å². The molecular formula is C15H17FO4. The Hall–Kier alpha value is -2.04. The summed E-state index contributed by atoms with van der Waals surface area (Å²) in [6.45, 7) is 1.80. The van der Waals surface area contributed by atoms with E-state index in [1.54, 1.807) is 13.0 Å². The summed E-state index contributed by atoms with van der Waals surface area (Å²) >= 11 is 0. The van der Waals surface area contributed by atoms with E-state index < -0.39 is 11.6 Å². The summed E-state index contributed by atoms with van der Waals surface area (Å²) < 4.78 is 23.8. The minimum Gasteiger partial charge on any atom is -0.502 e. The van der Waals surface area contributed by atoms with E-state index in [-0.39, 0.29) is 29.8 Å². The molecule has 0 radical (unpaired) electrons. The lowest BCUT2D eigenvalue weighted by atomic mass is 9.79. The van der Waals surface area contributed by atoms with E-state index in [0.29, 0.717) is 11.3 Å². The van der Waals surface area contributed by atoms with Crippen molar-refractivity contribution in [2.45, 2.75) is 19.3 Å². The highest BCUT2D eigenvalue weighted by Gasteiger charge is 2.31. The molecule has 1 N–H and O–H groups in total. The Morgan fingerprint density at radius 3 is 2.60 bits per heavy atom. The van der Waals surface area contributed by atoms with Gasteiger partial charge in [0.05, 0.1) is 26.4 Å². The Labute approximate surface area is 116 Å². The second-order valence-corrected chi connectivity index (χ2v) is 4.85. The predicted octanol–water partition coefficient (Wildman–Crippen LogP) is 2.76. The van der Waals surface area contributed by atoms with E-state index in [4.69, 9.17) is 9.47 Å². The molecule has 0 fully saturated rings. The van der Waals surface area contributed by atoms with Crippen molar-refractivity contribution in [1.82, 2.24) is 0 Å². The van der Waals surface area contributed by atoms with Gasteiger partial charge in [0.25, 0.3) is 0 Å². The van der Waals surface area contributed by atoms with Gasteiger partial charge in [-0.05, 0) is 23.8 Å². The third-order valence-corrected chi connectivity index (χ3v) is 3.68. The summed E-state index contributed by atoms with van der Waals surface area (Å²) in [5, 5.41) is 9.53. The largest absolute Gasteiger partial charge is 0.502 e. The van der Waals surface area contributed by atoms with E-state index in [9.17, 15) is 14.3 Å². The molecule has 1 aliphatic carbocycles. The van der Waals surface area contributed by atoms with Gasteiger partial charge >= 0.3 is 0 Å². The third kappa shape index (κ3) is 2.48. The van der Waals surface area contributed by atoms with Gasteiger partial charge in [-0.15, -0.1) is 0 Å². The van der Waals surface area contributed by atoms with Crippen LogP contribution in [0.5, 0.6) is 11.5 Å². The van der Waals surface area contributed by atoms with Crippen molar-refractivity contribution in [3.8, 4) is 11.5 Å². The fourth-order valence-corrected chi connectivity index (χ4v) is 2.40. The normalized spacial score (nSPS) is 22.4. The molecule has 0 aromatic heterocycles. The zero-order valence-electron chi connectivity index (χ0n) is 11.6. The molecule has 0 bridgehead atoms. The number of hydrogen-bond acceptors (Lipinski definition) is 4. The number of hydrogen-bond donors (Lipinski definition) is 1. The first-order valence-electron chi connectivity index (χ1n) is 6.31. The lowest BCUT2D eigenvalue weighted by Crippen LogP contribution is -2.24. The number of benzene rings is 1. The number of carbonyl (C=O) groups excluding carboxylic acids is 1. The number of Topliss-reactive ketones (excluding diaryl/α,β-unsaturated/α-hetero) is 1. The molecule has 1 aliphatic rings. The Morgan fingerprint density at radius 2 is 2.00 bits per heavy atom. The van der Waals surface area contributed by atoms with Crippen LogP contribution in [0.2, 0.25) is 0 Å². The van der Waals surface area contributed by atoms with Crippen LogP contribution in [0, 0.1) is 11.7 Å². The molecule has 0 amide bonds. The lowest BCUT2D eigenvalue weighted by molar-refractivity contribution is -0.123. The van der Waals surface area contributed by atoms with E-state index in [1.165, 1.54) is 20.3 Å². The van der Waals surface area contributed by atoms with Crippen molar-refractivity contribution in [3.05, 3.63) is 35.3 Å². The number of carbonyl (C=O) groups is 1. The molecule has 0 spiro atoms. The Kier molecular flexibility index (Phi) is 3.97. The smallest absolute Gasteiger partial charge is 0.194 e. The molecule has 1 aromatic rings. The predicted molar refractivity (Wildman–Crippen MR) is 71.2 cm³/mol. The number of rotatable bonds is 3. The molecular weight excluding hydrogens is 263 g/mol. The van der Waals surface area contributed by atoms with Crippen molar-refractivity contribution in [1.29, 1.82) is 0 Å². The van der Waals surface area contributed by atoms with E-state index in [0.717, 1.165) is 0 Å². The summed E-state index contributed by atoms with van der Waals surface area (Å²) in [5.41, 5.74) is 0.576. The zero-order valence-corrected chi connectivity index (χ0v) is 11.6. The second-order valence-electron chi connectivity index (χ2n) is 4.85. The minimum atomic E-state index is -0.767.